The predicted octanol–water partition coefficient (Wildman–Crippen LogP) is 3.82. The van der Waals surface area contributed by atoms with Crippen molar-refractivity contribution >= 4 is 28.2 Å². The number of carbonyl (C=O) groups is 1. The number of aryl methyl sites for hydroxylation is 1. The topological polar surface area (TPSA) is 85.8 Å². The third-order valence-corrected chi connectivity index (χ3v) is 5.83. The number of nitrogens with zero attached hydrogens (tertiary/aromatic N) is 3. The molecule has 3 aromatic rings. The van der Waals surface area contributed by atoms with Gasteiger partial charge in [-0.15, -0.1) is 11.3 Å². The number of benzene rings is 1. The number of ether oxygens (including phenoxy) is 3. The zero-order valence-corrected chi connectivity index (χ0v) is 18.4. The number of thiazole rings is 1. The van der Waals surface area contributed by atoms with E-state index < -0.39 is 0 Å². The van der Waals surface area contributed by atoms with Crippen molar-refractivity contribution in [1.29, 1.82) is 0 Å². The van der Waals surface area contributed by atoms with Gasteiger partial charge < -0.3 is 24.4 Å². The number of aromatic nitrogens is 2. The maximum absolute atomic E-state index is 13.3. The fourth-order valence-electron chi connectivity index (χ4n) is 3.45. The van der Waals surface area contributed by atoms with Crippen LogP contribution in [0.4, 0.5) is 10.9 Å². The molecule has 2 aromatic heterocycles. The molecule has 0 spiro atoms. The molecule has 1 aliphatic heterocycles. The molecule has 4 rings (SSSR count). The molecule has 8 nitrogen and oxygen atoms in total. The van der Waals surface area contributed by atoms with Crippen LogP contribution >= 0.6 is 11.3 Å². The second kappa shape index (κ2) is 9.32. The molecule has 1 amide bonds. The van der Waals surface area contributed by atoms with Gasteiger partial charge in [0.2, 0.25) is 0 Å². The Hall–Kier alpha value is -3.17. The first-order valence-corrected chi connectivity index (χ1v) is 10.7. The van der Waals surface area contributed by atoms with Gasteiger partial charge in [-0.3, -0.25) is 4.79 Å². The number of carbonyl (C=O) groups excluding carboxylic acids is 1. The predicted molar refractivity (Wildman–Crippen MR) is 119 cm³/mol. The maximum Gasteiger partial charge on any atom is 0.261 e. The van der Waals surface area contributed by atoms with Crippen LogP contribution in [0.25, 0.3) is 0 Å². The molecule has 1 saturated heterocycles. The van der Waals surface area contributed by atoms with Crippen LogP contribution in [0, 0.1) is 6.92 Å². The zero-order chi connectivity index (χ0) is 21.8. The lowest BCUT2D eigenvalue weighted by Gasteiger charge is -2.33. The number of anilines is 2. The van der Waals surface area contributed by atoms with Crippen molar-refractivity contribution in [3.05, 3.63) is 58.7 Å². The molecule has 0 bridgehead atoms. The van der Waals surface area contributed by atoms with Gasteiger partial charge in [-0.25, -0.2) is 9.97 Å². The number of nitrogens with one attached hydrogen (secondary N) is 1. The fraction of sp³-hybridized carbons (Fsp3) is 0.318. The average molecular weight is 441 g/mol. The van der Waals surface area contributed by atoms with Gasteiger partial charge in [-0.05, 0) is 31.2 Å². The summed E-state index contributed by atoms with van der Waals surface area (Å²) in [6.07, 6.45) is -0.335. The molecular weight excluding hydrogens is 416 g/mol. The smallest absolute Gasteiger partial charge is 0.261 e. The Balaban J connectivity index is 1.53. The summed E-state index contributed by atoms with van der Waals surface area (Å²) >= 11 is 1.52. The quantitative estimate of drug-likeness (QED) is 0.624. The van der Waals surface area contributed by atoms with E-state index in [1.54, 1.807) is 37.3 Å². The summed E-state index contributed by atoms with van der Waals surface area (Å²) in [6, 6.07) is 11.0. The van der Waals surface area contributed by atoms with Gasteiger partial charge in [-0.1, -0.05) is 12.1 Å². The van der Waals surface area contributed by atoms with Gasteiger partial charge in [0.25, 0.3) is 5.91 Å². The lowest BCUT2D eigenvalue weighted by atomic mass is 10.1. The highest BCUT2D eigenvalue weighted by molar-refractivity contribution is 7.13. The van der Waals surface area contributed by atoms with Gasteiger partial charge in [-0.2, -0.15) is 0 Å². The van der Waals surface area contributed by atoms with Crippen molar-refractivity contribution in [3.8, 4) is 11.5 Å². The van der Waals surface area contributed by atoms with E-state index in [4.69, 9.17) is 14.2 Å². The van der Waals surface area contributed by atoms with Gasteiger partial charge in [0.05, 0.1) is 38.8 Å². The van der Waals surface area contributed by atoms with Gasteiger partial charge >= 0.3 is 0 Å². The zero-order valence-electron chi connectivity index (χ0n) is 17.6. The van der Waals surface area contributed by atoms with Crippen molar-refractivity contribution in [2.45, 2.75) is 13.0 Å². The molecule has 0 saturated carbocycles. The van der Waals surface area contributed by atoms with Crippen molar-refractivity contribution in [1.82, 2.24) is 14.9 Å². The second-order valence-electron chi connectivity index (χ2n) is 7.01. The van der Waals surface area contributed by atoms with E-state index in [0.717, 1.165) is 16.5 Å². The summed E-state index contributed by atoms with van der Waals surface area (Å²) in [6.45, 7) is 3.22. The van der Waals surface area contributed by atoms with Crippen molar-refractivity contribution in [3.63, 3.8) is 0 Å². The minimum atomic E-state index is -0.335. The number of pyridine rings is 1. The molecule has 3 heterocycles. The van der Waals surface area contributed by atoms with Gasteiger partial charge in [0, 0.05) is 11.9 Å². The molecule has 162 valence electrons. The van der Waals surface area contributed by atoms with Crippen LogP contribution in [-0.2, 0) is 4.74 Å². The van der Waals surface area contributed by atoms with Crippen LogP contribution in [0.15, 0.2) is 41.8 Å². The van der Waals surface area contributed by atoms with Crippen molar-refractivity contribution < 1.29 is 19.0 Å². The summed E-state index contributed by atoms with van der Waals surface area (Å²) in [4.78, 5) is 24.2. The minimum absolute atomic E-state index is 0.157. The monoisotopic (exact) mass is 440 g/mol. The van der Waals surface area contributed by atoms with E-state index in [0.29, 0.717) is 42.6 Å². The third-order valence-electron chi connectivity index (χ3n) is 4.95. The van der Waals surface area contributed by atoms with Crippen LogP contribution in [-0.4, -0.2) is 54.7 Å². The Morgan fingerprint density at radius 1 is 1.16 bits per heavy atom. The number of amides is 1. The van der Waals surface area contributed by atoms with E-state index >= 15 is 0 Å². The lowest BCUT2D eigenvalue weighted by Crippen LogP contribution is -2.42. The third kappa shape index (κ3) is 4.62. The van der Waals surface area contributed by atoms with E-state index in [-0.39, 0.29) is 12.0 Å². The minimum Gasteiger partial charge on any atom is -0.496 e. The Morgan fingerprint density at radius 3 is 2.58 bits per heavy atom. The molecule has 1 N–H and O–H groups in total. The van der Waals surface area contributed by atoms with E-state index in [1.165, 1.54) is 11.3 Å². The van der Waals surface area contributed by atoms with Gasteiger partial charge in [0.1, 0.15) is 29.0 Å². The first-order valence-electron chi connectivity index (χ1n) is 9.87. The first-order chi connectivity index (χ1) is 15.1. The summed E-state index contributed by atoms with van der Waals surface area (Å²) in [5.41, 5.74) is 2.12. The fourth-order valence-corrected chi connectivity index (χ4v) is 4.15. The molecule has 31 heavy (non-hydrogen) atoms. The van der Waals surface area contributed by atoms with E-state index in [9.17, 15) is 4.79 Å². The molecule has 1 aliphatic rings. The standard InChI is InChI=1S/C22H24N4O4S/c1-14-13-31-22(23-14)25-19-9-4-6-15(24-19)18-12-26(10-11-30-18)21(27)20-16(28-2)7-5-8-17(20)29-3/h4-9,13,18H,10-12H2,1-3H3,(H,23,24,25)/t18-/m1/s1. The number of hydrogen-bond acceptors (Lipinski definition) is 8. The number of methoxy groups -OCH3 is 2. The Morgan fingerprint density at radius 2 is 1.90 bits per heavy atom. The summed E-state index contributed by atoms with van der Waals surface area (Å²) in [5, 5.41) is 5.98. The SMILES string of the molecule is COc1cccc(OC)c1C(=O)N1CCO[C@@H](c2cccc(Nc3nc(C)cs3)n2)C1. The Bertz CT molecular complexity index is 1050. The van der Waals surface area contributed by atoms with Crippen LogP contribution in [0.1, 0.15) is 27.8 Å². The van der Waals surface area contributed by atoms with Crippen LogP contribution in [0.5, 0.6) is 11.5 Å². The van der Waals surface area contributed by atoms with Crippen LogP contribution in [0.3, 0.4) is 0 Å². The van der Waals surface area contributed by atoms with Crippen molar-refractivity contribution in [2.24, 2.45) is 0 Å². The highest BCUT2D eigenvalue weighted by atomic mass is 32.1. The maximum atomic E-state index is 13.3. The Labute approximate surface area is 184 Å². The largest absolute Gasteiger partial charge is 0.496 e. The number of hydrogen-bond donors (Lipinski definition) is 1. The van der Waals surface area contributed by atoms with Crippen LogP contribution in [0.2, 0.25) is 0 Å². The molecule has 9 heteroatoms. The lowest BCUT2D eigenvalue weighted by molar-refractivity contribution is -0.0248. The Kier molecular flexibility index (Phi) is 6.34. The summed E-state index contributed by atoms with van der Waals surface area (Å²) in [5.74, 6) is 1.49. The number of rotatable bonds is 6. The molecule has 1 fully saturated rings. The molecule has 0 unspecified atom stereocenters. The normalized spacial score (nSPS) is 16.1. The highest BCUT2D eigenvalue weighted by Crippen LogP contribution is 2.31. The van der Waals surface area contributed by atoms with E-state index in [1.807, 2.05) is 30.5 Å². The van der Waals surface area contributed by atoms with E-state index in [2.05, 4.69) is 15.3 Å². The average Bonchev–Trinajstić information content (AvgIpc) is 3.22. The molecule has 0 radical (unpaired) electrons. The first kappa shape index (κ1) is 21.1. The molecular formula is C22H24N4O4S. The van der Waals surface area contributed by atoms with Crippen LogP contribution < -0.4 is 14.8 Å². The van der Waals surface area contributed by atoms with Crippen molar-refractivity contribution in [2.75, 3.05) is 39.2 Å². The summed E-state index contributed by atoms with van der Waals surface area (Å²) < 4.78 is 16.7. The molecule has 1 aromatic carbocycles. The second-order valence-corrected chi connectivity index (χ2v) is 7.87. The molecule has 1 atom stereocenters. The summed E-state index contributed by atoms with van der Waals surface area (Å²) in [7, 11) is 3.08. The van der Waals surface area contributed by atoms with Gasteiger partial charge in [0.15, 0.2) is 5.13 Å². The number of morpholine rings is 1. The molecule has 0 aliphatic carbocycles. The highest BCUT2D eigenvalue weighted by Gasteiger charge is 2.30.